The summed E-state index contributed by atoms with van der Waals surface area (Å²) in [5, 5.41) is 9.01. The minimum absolute atomic E-state index is 0.272. The van der Waals surface area contributed by atoms with E-state index in [2.05, 4.69) is 12.1 Å². The van der Waals surface area contributed by atoms with E-state index in [4.69, 9.17) is 0 Å². The summed E-state index contributed by atoms with van der Waals surface area (Å²) in [7, 11) is 0. The number of aromatic nitrogens is 2. The Morgan fingerprint density at radius 3 is 1.03 bits per heavy atom. The number of nitrogens with zero attached hydrogens (tertiary/aromatic N) is 2. The molecule has 4 nitrogen and oxygen atoms in total. The average Bonchev–Trinajstić information content (AvgIpc) is 3.37. The molecule has 34 heavy (non-hydrogen) atoms. The molecule has 0 amide bonds. The third-order valence-corrected chi connectivity index (χ3v) is 7.25. The SMILES string of the molecule is O=c1c2c3ccccc3c3ccccc3c2n2c3c4ccccc4c4ccccc4c3c(=O)n12. The maximum absolute atomic E-state index is 14.0. The molecule has 0 saturated heterocycles. The number of rotatable bonds is 0. The van der Waals surface area contributed by atoms with Crippen LogP contribution in [0.25, 0.3) is 64.9 Å². The predicted molar refractivity (Wildman–Crippen MR) is 140 cm³/mol. The zero-order chi connectivity index (χ0) is 22.6. The Hall–Kier alpha value is -4.70. The Balaban J connectivity index is 1.85. The van der Waals surface area contributed by atoms with Crippen LogP contribution in [-0.2, 0) is 0 Å². The van der Waals surface area contributed by atoms with E-state index in [-0.39, 0.29) is 11.1 Å². The summed E-state index contributed by atoms with van der Waals surface area (Å²) < 4.78 is 3.21. The van der Waals surface area contributed by atoms with E-state index in [9.17, 15) is 9.59 Å². The van der Waals surface area contributed by atoms with Crippen molar-refractivity contribution in [2.75, 3.05) is 0 Å². The van der Waals surface area contributed by atoms with Crippen LogP contribution < -0.4 is 11.1 Å². The first-order valence-corrected chi connectivity index (χ1v) is 11.3. The fourth-order valence-corrected chi connectivity index (χ4v) is 5.92. The molecule has 0 aliphatic rings. The molecule has 0 aliphatic heterocycles. The zero-order valence-corrected chi connectivity index (χ0v) is 17.9. The molecule has 0 atom stereocenters. The van der Waals surface area contributed by atoms with Gasteiger partial charge in [0.15, 0.2) is 0 Å². The molecule has 2 heterocycles. The van der Waals surface area contributed by atoms with Crippen LogP contribution in [0.2, 0.25) is 0 Å². The maximum Gasteiger partial charge on any atom is 0.283 e. The van der Waals surface area contributed by atoms with E-state index in [1.807, 2.05) is 89.4 Å². The molecule has 0 unspecified atom stereocenters. The second-order valence-electron chi connectivity index (χ2n) is 8.86. The highest BCUT2D eigenvalue weighted by Crippen LogP contribution is 2.38. The van der Waals surface area contributed by atoms with Crippen molar-refractivity contribution in [3.63, 3.8) is 0 Å². The van der Waals surface area contributed by atoms with Gasteiger partial charge in [-0.2, -0.15) is 4.52 Å². The first-order chi connectivity index (χ1) is 16.8. The van der Waals surface area contributed by atoms with Crippen molar-refractivity contribution in [1.29, 1.82) is 0 Å². The Morgan fingerprint density at radius 2 is 0.647 bits per heavy atom. The lowest BCUT2D eigenvalue weighted by atomic mass is 9.97. The van der Waals surface area contributed by atoms with Gasteiger partial charge < -0.3 is 0 Å². The topological polar surface area (TPSA) is 43.0 Å². The van der Waals surface area contributed by atoms with Gasteiger partial charge in [-0.3, -0.25) is 9.59 Å². The number of fused-ring (bicyclic) bond motifs is 15. The highest BCUT2D eigenvalue weighted by molar-refractivity contribution is 6.28. The van der Waals surface area contributed by atoms with Gasteiger partial charge in [0.1, 0.15) is 0 Å². The third kappa shape index (κ3) is 1.92. The van der Waals surface area contributed by atoms with Gasteiger partial charge in [-0.15, -0.1) is 0 Å². The summed E-state index contributed by atoms with van der Waals surface area (Å²) in [6.45, 7) is 0. The van der Waals surface area contributed by atoms with E-state index in [1.165, 1.54) is 4.52 Å². The van der Waals surface area contributed by atoms with Crippen LogP contribution in [0.1, 0.15) is 0 Å². The molecule has 0 aliphatic carbocycles. The summed E-state index contributed by atoms with van der Waals surface area (Å²) in [5.41, 5.74) is 1.02. The first kappa shape index (κ1) is 17.8. The highest BCUT2D eigenvalue weighted by atomic mass is 16.2. The van der Waals surface area contributed by atoms with Crippen molar-refractivity contribution >= 4 is 64.9 Å². The van der Waals surface area contributed by atoms with Crippen LogP contribution in [0.4, 0.5) is 0 Å². The van der Waals surface area contributed by atoms with Crippen LogP contribution in [0.5, 0.6) is 0 Å². The fraction of sp³-hybridized carbons (Fsp3) is 0. The van der Waals surface area contributed by atoms with Crippen molar-refractivity contribution in [3.8, 4) is 0 Å². The summed E-state index contributed by atoms with van der Waals surface area (Å²) in [6, 6.07) is 32.2. The van der Waals surface area contributed by atoms with Crippen molar-refractivity contribution in [1.82, 2.24) is 9.03 Å². The molecular formula is C30H16N2O2. The van der Waals surface area contributed by atoms with Gasteiger partial charge in [0, 0.05) is 10.8 Å². The molecule has 8 aromatic rings. The largest absolute Gasteiger partial charge is 0.283 e. The molecule has 0 saturated carbocycles. The molecule has 0 bridgehead atoms. The number of benzene rings is 6. The molecule has 0 fully saturated rings. The molecule has 158 valence electrons. The van der Waals surface area contributed by atoms with E-state index in [0.29, 0.717) is 10.8 Å². The van der Waals surface area contributed by atoms with Crippen LogP contribution in [0.15, 0.2) is 107 Å². The summed E-state index contributed by atoms with van der Waals surface area (Å²) in [5.74, 6) is 0. The highest BCUT2D eigenvalue weighted by Gasteiger charge is 2.24. The Kier molecular flexibility index (Phi) is 3.14. The van der Waals surface area contributed by atoms with Crippen LogP contribution in [0, 0.1) is 0 Å². The van der Waals surface area contributed by atoms with Crippen molar-refractivity contribution in [3.05, 3.63) is 118 Å². The second kappa shape index (κ2) is 6.00. The predicted octanol–water partition coefficient (Wildman–Crippen LogP) is 6.12. The summed E-state index contributed by atoms with van der Waals surface area (Å²) in [6.07, 6.45) is 0. The zero-order valence-electron chi connectivity index (χ0n) is 17.9. The van der Waals surface area contributed by atoms with E-state index in [1.54, 1.807) is 0 Å². The average molecular weight is 436 g/mol. The van der Waals surface area contributed by atoms with Crippen LogP contribution in [-0.4, -0.2) is 9.03 Å². The normalized spacial score (nSPS) is 12.4. The third-order valence-electron chi connectivity index (χ3n) is 7.25. The van der Waals surface area contributed by atoms with Gasteiger partial charge in [-0.1, -0.05) is 97.1 Å². The molecule has 0 N–H and O–H groups in total. The molecule has 0 radical (unpaired) electrons. The summed E-state index contributed by atoms with van der Waals surface area (Å²) >= 11 is 0. The van der Waals surface area contributed by atoms with Gasteiger partial charge in [-0.05, 0) is 32.3 Å². The van der Waals surface area contributed by atoms with Crippen LogP contribution >= 0.6 is 0 Å². The van der Waals surface area contributed by atoms with Gasteiger partial charge in [0.25, 0.3) is 11.1 Å². The molecule has 0 spiro atoms. The van der Waals surface area contributed by atoms with E-state index >= 15 is 0 Å². The maximum atomic E-state index is 14.0. The van der Waals surface area contributed by atoms with Gasteiger partial charge in [0.2, 0.25) is 0 Å². The van der Waals surface area contributed by atoms with Crippen molar-refractivity contribution in [2.45, 2.75) is 0 Å². The molecule has 4 heteroatoms. The molecule has 2 aromatic heterocycles. The smallest absolute Gasteiger partial charge is 0.267 e. The molecule has 6 aromatic carbocycles. The quantitative estimate of drug-likeness (QED) is 0.269. The van der Waals surface area contributed by atoms with Crippen molar-refractivity contribution < 1.29 is 0 Å². The van der Waals surface area contributed by atoms with Crippen molar-refractivity contribution in [2.24, 2.45) is 0 Å². The van der Waals surface area contributed by atoms with Crippen LogP contribution in [0.3, 0.4) is 0 Å². The van der Waals surface area contributed by atoms with E-state index in [0.717, 1.165) is 54.1 Å². The van der Waals surface area contributed by atoms with Gasteiger partial charge >= 0.3 is 0 Å². The number of hydrogen-bond acceptors (Lipinski definition) is 2. The lowest BCUT2D eigenvalue weighted by Gasteiger charge is -2.09. The van der Waals surface area contributed by atoms with Gasteiger partial charge in [-0.25, -0.2) is 4.52 Å². The molecule has 8 rings (SSSR count). The lowest BCUT2D eigenvalue weighted by molar-refractivity contribution is 0.844. The van der Waals surface area contributed by atoms with E-state index < -0.39 is 0 Å². The minimum atomic E-state index is -0.272. The molecular weight excluding hydrogens is 420 g/mol. The Bertz CT molecular complexity index is 2110. The van der Waals surface area contributed by atoms with Gasteiger partial charge in [0.05, 0.1) is 21.8 Å². The Labute approximate surface area is 191 Å². The second-order valence-corrected chi connectivity index (χ2v) is 8.86. The lowest BCUT2D eigenvalue weighted by Crippen LogP contribution is -2.21. The first-order valence-electron chi connectivity index (χ1n) is 11.3. The fourth-order valence-electron chi connectivity index (χ4n) is 5.92. The minimum Gasteiger partial charge on any atom is -0.267 e. The monoisotopic (exact) mass is 436 g/mol. The summed E-state index contributed by atoms with van der Waals surface area (Å²) in [4.78, 5) is 27.9. The number of hydrogen-bond donors (Lipinski definition) is 0. The standard InChI is InChI=1S/C30H16N2O2/c33-29-25-21-13-5-1-9-17(21)19-11-3-7-15-23(19)27(25)31-28-24-16-8-4-12-20(24)18-10-2-6-14-22(18)26(28)30(34)32(29)31/h1-16H. The Morgan fingerprint density at radius 1 is 0.353 bits per heavy atom.